The normalized spacial score (nSPS) is 15.3. The molecule has 2 aromatic heterocycles. The summed E-state index contributed by atoms with van der Waals surface area (Å²) in [6.07, 6.45) is -4.59. The van der Waals surface area contributed by atoms with E-state index in [0.717, 1.165) is 16.6 Å². The Bertz CT molecular complexity index is 1940. The molecule has 1 unspecified atom stereocenters. The summed E-state index contributed by atoms with van der Waals surface area (Å²) < 4.78 is 43.4. The number of hydrogen-bond donors (Lipinski definition) is 1. The van der Waals surface area contributed by atoms with E-state index < -0.39 is 23.8 Å². The Morgan fingerprint density at radius 1 is 0.955 bits per heavy atom. The zero-order chi connectivity index (χ0) is 31.3. The number of benzene rings is 3. The molecule has 0 radical (unpaired) electrons. The molecule has 1 aliphatic rings. The van der Waals surface area contributed by atoms with Crippen molar-refractivity contribution in [1.29, 1.82) is 0 Å². The van der Waals surface area contributed by atoms with Crippen molar-refractivity contribution in [2.75, 3.05) is 0 Å². The van der Waals surface area contributed by atoms with Crippen LogP contribution in [0.15, 0.2) is 84.0 Å². The Morgan fingerprint density at radius 2 is 1.66 bits per heavy atom. The van der Waals surface area contributed by atoms with Crippen LogP contribution < -0.4 is 0 Å². The van der Waals surface area contributed by atoms with Gasteiger partial charge in [0.25, 0.3) is 5.91 Å². The number of hydrazone groups is 1. The second-order valence-electron chi connectivity index (χ2n) is 10.7. The third kappa shape index (κ3) is 5.51. The van der Waals surface area contributed by atoms with Gasteiger partial charge in [-0.2, -0.15) is 23.4 Å². The molecule has 6 rings (SSSR count). The fourth-order valence-corrected chi connectivity index (χ4v) is 5.44. The van der Waals surface area contributed by atoms with Crippen molar-refractivity contribution in [3.8, 4) is 17.0 Å². The van der Waals surface area contributed by atoms with Crippen molar-refractivity contribution in [2.45, 2.75) is 38.4 Å². The van der Waals surface area contributed by atoms with E-state index in [2.05, 4.69) is 15.2 Å². The van der Waals surface area contributed by atoms with Gasteiger partial charge < -0.3 is 5.11 Å². The second-order valence-corrected chi connectivity index (χ2v) is 11.5. The molecule has 0 aliphatic carbocycles. The van der Waals surface area contributed by atoms with Crippen LogP contribution in [0.2, 0.25) is 10.0 Å². The number of amides is 1. The van der Waals surface area contributed by atoms with Crippen LogP contribution in [0, 0.1) is 0 Å². The van der Waals surface area contributed by atoms with Crippen LogP contribution in [0.1, 0.15) is 65.1 Å². The fraction of sp³-hybridized carbons (Fsp3) is 0.188. The summed E-state index contributed by atoms with van der Waals surface area (Å²) in [7, 11) is 0. The standard InChI is InChI=1S/C32H24Cl2F3N5O2/c1-17(2)18-7-9-19(10-8-18)24-15-29(32(35,36)37)42-30(38-24)16-26(40-42)31(44)41-27(21-5-3-4-6-28(21)43)14-25(39-41)20-11-12-22(33)23(34)13-20/h3-13,15-17,27,43H,14H2,1-2H3. The number of fused-ring (bicyclic) bond motifs is 1. The van der Waals surface area contributed by atoms with Gasteiger partial charge in [0.1, 0.15) is 5.75 Å². The smallest absolute Gasteiger partial charge is 0.433 e. The summed E-state index contributed by atoms with van der Waals surface area (Å²) in [5.74, 6) is -0.583. The molecule has 1 N–H and O–H groups in total. The van der Waals surface area contributed by atoms with E-state index in [9.17, 15) is 23.1 Å². The minimum atomic E-state index is -4.79. The summed E-state index contributed by atoms with van der Waals surface area (Å²) in [5.41, 5.74) is 1.56. The molecular formula is C32H24Cl2F3N5O2. The molecule has 3 heterocycles. The number of hydrogen-bond acceptors (Lipinski definition) is 5. The summed E-state index contributed by atoms with van der Waals surface area (Å²) in [6.45, 7) is 4.04. The lowest BCUT2D eigenvalue weighted by atomic mass is 9.97. The molecule has 1 atom stereocenters. The van der Waals surface area contributed by atoms with Gasteiger partial charge in [0, 0.05) is 23.6 Å². The Hall–Kier alpha value is -4.41. The summed E-state index contributed by atoms with van der Waals surface area (Å²) in [6, 6.07) is 19.9. The van der Waals surface area contributed by atoms with Gasteiger partial charge in [-0.3, -0.25) is 4.79 Å². The molecule has 12 heteroatoms. The highest BCUT2D eigenvalue weighted by Crippen LogP contribution is 2.39. The fourth-order valence-electron chi connectivity index (χ4n) is 5.14. The number of halogens is 5. The van der Waals surface area contributed by atoms with Gasteiger partial charge in [-0.15, -0.1) is 0 Å². The van der Waals surface area contributed by atoms with Gasteiger partial charge in [0.05, 0.1) is 27.5 Å². The molecule has 224 valence electrons. The van der Waals surface area contributed by atoms with Crippen LogP contribution >= 0.6 is 23.2 Å². The van der Waals surface area contributed by atoms with Crippen molar-refractivity contribution in [3.05, 3.63) is 117 Å². The van der Waals surface area contributed by atoms with E-state index in [1.54, 1.807) is 48.5 Å². The number of aromatic nitrogens is 3. The number of para-hydroxylation sites is 1. The zero-order valence-electron chi connectivity index (χ0n) is 23.3. The Kier molecular flexibility index (Phi) is 7.59. The van der Waals surface area contributed by atoms with Gasteiger partial charge in [-0.05, 0) is 41.3 Å². The molecule has 44 heavy (non-hydrogen) atoms. The first-order chi connectivity index (χ1) is 20.9. The monoisotopic (exact) mass is 637 g/mol. The third-order valence-electron chi connectivity index (χ3n) is 7.48. The minimum Gasteiger partial charge on any atom is -0.508 e. The molecule has 0 bridgehead atoms. The van der Waals surface area contributed by atoms with Crippen LogP contribution in [0.4, 0.5) is 13.2 Å². The minimum absolute atomic E-state index is 0.0648. The van der Waals surface area contributed by atoms with E-state index in [4.69, 9.17) is 23.2 Å². The maximum atomic E-state index is 14.3. The van der Waals surface area contributed by atoms with Crippen molar-refractivity contribution < 1.29 is 23.1 Å². The number of nitrogens with zero attached hydrogens (tertiary/aromatic N) is 5. The molecule has 1 aliphatic heterocycles. The van der Waals surface area contributed by atoms with Crippen molar-refractivity contribution in [3.63, 3.8) is 0 Å². The number of phenols is 1. The SMILES string of the molecule is CC(C)c1ccc(-c2cc(C(F)(F)F)n3nc(C(=O)N4N=C(c5ccc(Cl)c(Cl)c5)CC4c4ccccc4O)cc3n2)cc1. The largest absolute Gasteiger partial charge is 0.508 e. The number of phenolic OH excluding ortho intramolecular Hbond substituents is 1. The van der Waals surface area contributed by atoms with E-state index in [1.165, 1.54) is 12.1 Å². The molecule has 7 nitrogen and oxygen atoms in total. The van der Waals surface area contributed by atoms with Gasteiger partial charge in [-0.1, -0.05) is 85.6 Å². The molecule has 5 aromatic rings. The average Bonchev–Trinajstić information content (AvgIpc) is 3.63. The van der Waals surface area contributed by atoms with Gasteiger partial charge in [0.2, 0.25) is 0 Å². The van der Waals surface area contributed by atoms with E-state index in [-0.39, 0.29) is 40.1 Å². The maximum absolute atomic E-state index is 14.3. The van der Waals surface area contributed by atoms with Gasteiger partial charge >= 0.3 is 6.18 Å². The second kappa shape index (κ2) is 11.3. The predicted octanol–water partition coefficient (Wildman–Crippen LogP) is 8.54. The summed E-state index contributed by atoms with van der Waals surface area (Å²) in [5, 5.41) is 20.9. The molecular weight excluding hydrogens is 614 g/mol. The third-order valence-corrected chi connectivity index (χ3v) is 8.22. The molecule has 0 fully saturated rings. The van der Waals surface area contributed by atoms with E-state index in [0.29, 0.717) is 31.9 Å². The number of carbonyl (C=O) groups excluding carboxylic acids is 1. The lowest BCUT2D eigenvalue weighted by Crippen LogP contribution is -2.27. The average molecular weight is 638 g/mol. The molecule has 0 saturated carbocycles. The number of alkyl halides is 3. The number of carbonyl (C=O) groups is 1. The van der Waals surface area contributed by atoms with Crippen LogP contribution in [0.5, 0.6) is 5.75 Å². The molecule has 1 amide bonds. The molecule has 3 aromatic carbocycles. The van der Waals surface area contributed by atoms with Crippen molar-refractivity contribution in [1.82, 2.24) is 19.6 Å². The quantitative estimate of drug-likeness (QED) is 0.209. The zero-order valence-corrected chi connectivity index (χ0v) is 24.9. The molecule has 0 spiro atoms. The van der Waals surface area contributed by atoms with Crippen LogP contribution in [-0.2, 0) is 6.18 Å². The first-order valence-corrected chi connectivity index (χ1v) is 14.4. The van der Waals surface area contributed by atoms with Crippen LogP contribution in [0.25, 0.3) is 16.9 Å². The Balaban J connectivity index is 1.44. The predicted molar refractivity (Wildman–Crippen MR) is 162 cm³/mol. The van der Waals surface area contributed by atoms with Gasteiger partial charge in [0.15, 0.2) is 17.0 Å². The van der Waals surface area contributed by atoms with Crippen molar-refractivity contribution in [2.24, 2.45) is 5.10 Å². The van der Waals surface area contributed by atoms with Crippen LogP contribution in [-0.4, -0.2) is 36.3 Å². The highest BCUT2D eigenvalue weighted by atomic mass is 35.5. The van der Waals surface area contributed by atoms with E-state index in [1.807, 2.05) is 26.0 Å². The lowest BCUT2D eigenvalue weighted by molar-refractivity contribution is -0.142. The lowest BCUT2D eigenvalue weighted by Gasteiger charge is -2.21. The first kappa shape index (κ1) is 29.7. The Morgan fingerprint density at radius 3 is 2.32 bits per heavy atom. The first-order valence-electron chi connectivity index (χ1n) is 13.6. The van der Waals surface area contributed by atoms with Crippen molar-refractivity contribution >= 4 is 40.5 Å². The highest BCUT2D eigenvalue weighted by Gasteiger charge is 2.38. The highest BCUT2D eigenvalue weighted by molar-refractivity contribution is 6.42. The van der Waals surface area contributed by atoms with Gasteiger partial charge in [-0.25, -0.2) is 14.5 Å². The summed E-state index contributed by atoms with van der Waals surface area (Å²) >= 11 is 12.3. The van der Waals surface area contributed by atoms with E-state index >= 15 is 0 Å². The summed E-state index contributed by atoms with van der Waals surface area (Å²) in [4.78, 5) is 18.4. The van der Waals surface area contributed by atoms with Crippen LogP contribution in [0.3, 0.4) is 0 Å². The molecule has 0 saturated heterocycles. The number of aromatic hydroxyl groups is 1. The Labute approximate surface area is 260 Å². The number of rotatable bonds is 5. The maximum Gasteiger partial charge on any atom is 0.433 e. The topological polar surface area (TPSA) is 83.1 Å².